The van der Waals surface area contributed by atoms with Crippen molar-refractivity contribution < 1.29 is 9.53 Å². The molecule has 0 bridgehead atoms. The quantitative estimate of drug-likeness (QED) is 0.560. The van der Waals surface area contributed by atoms with Crippen LogP contribution in [0, 0.1) is 0 Å². The summed E-state index contributed by atoms with van der Waals surface area (Å²) in [6, 6.07) is 5.14. The summed E-state index contributed by atoms with van der Waals surface area (Å²) in [5, 5.41) is 2.77. The minimum atomic E-state index is -0.119. The highest BCUT2D eigenvalue weighted by Gasteiger charge is 2.12. The summed E-state index contributed by atoms with van der Waals surface area (Å²) >= 11 is 0. The number of anilines is 1. The van der Waals surface area contributed by atoms with E-state index in [0.29, 0.717) is 30.2 Å². The molecule has 0 saturated carbocycles. The number of unbranched alkanes of at least 4 members (excludes halogenated alkanes) is 3. The third-order valence-electron chi connectivity index (χ3n) is 2.84. The summed E-state index contributed by atoms with van der Waals surface area (Å²) < 4.78 is 5.69. The molecule has 1 rings (SSSR count). The highest BCUT2D eigenvalue weighted by Crippen LogP contribution is 2.22. The lowest BCUT2D eigenvalue weighted by atomic mass is 10.1. The van der Waals surface area contributed by atoms with Gasteiger partial charge in [0.15, 0.2) is 0 Å². The Kier molecular flexibility index (Phi) is 6.79. The second-order valence-corrected chi connectivity index (χ2v) is 4.52. The number of nitrogens with one attached hydrogen (secondary N) is 1. The van der Waals surface area contributed by atoms with Gasteiger partial charge in [-0.2, -0.15) is 0 Å². The Morgan fingerprint density at radius 1 is 1.26 bits per heavy atom. The van der Waals surface area contributed by atoms with E-state index in [0.717, 1.165) is 12.8 Å². The maximum absolute atomic E-state index is 11.9. The lowest BCUT2D eigenvalue weighted by molar-refractivity contribution is 0.0951. The summed E-state index contributed by atoms with van der Waals surface area (Å²) in [5.74, 6) is 0.452. The van der Waals surface area contributed by atoms with Gasteiger partial charge in [0.1, 0.15) is 5.75 Å². The van der Waals surface area contributed by atoms with Crippen molar-refractivity contribution in [2.24, 2.45) is 0 Å². The maximum Gasteiger partial charge on any atom is 0.255 e. The number of hydrogen-bond donors (Lipinski definition) is 2. The van der Waals surface area contributed by atoms with Crippen molar-refractivity contribution in [1.29, 1.82) is 0 Å². The summed E-state index contributed by atoms with van der Waals surface area (Å²) in [7, 11) is 0. The molecule has 4 nitrogen and oxygen atoms in total. The third-order valence-corrected chi connectivity index (χ3v) is 2.84. The van der Waals surface area contributed by atoms with E-state index in [9.17, 15) is 4.79 Å². The average molecular weight is 264 g/mol. The van der Waals surface area contributed by atoms with Crippen molar-refractivity contribution in [3.05, 3.63) is 23.8 Å². The van der Waals surface area contributed by atoms with Gasteiger partial charge in [0.2, 0.25) is 0 Å². The van der Waals surface area contributed by atoms with Crippen LogP contribution in [0.1, 0.15) is 49.9 Å². The molecule has 106 valence electrons. The molecule has 0 radical (unpaired) electrons. The minimum absolute atomic E-state index is 0.119. The molecule has 0 atom stereocenters. The van der Waals surface area contributed by atoms with E-state index in [1.807, 2.05) is 6.92 Å². The summed E-state index contributed by atoms with van der Waals surface area (Å²) in [4.78, 5) is 11.9. The highest BCUT2D eigenvalue weighted by atomic mass is 16.5. The zero-order chi connectivity index (χ0) is 14.1. The molecule has 0 aliphatic heterocycles. The molecule has 0 aliphatic rings. The van der Waals surface area contributed by atoms with E-state index in [4.69, 9.17) is 10.5 Å². The van der Waals surface area contributed by atoms with Crippen LogP contribution in [0.15, 0.2) is 18.2 Å². The summed E-state index contributed by atoms with van der Waals surface area (Å²) in [5.41, 5.74) is 6.90. The van der Waals surface area contributed by atoms with Crippen LogP contribution in [0.4, 0.5) is 5.69 Å². The van der Waals surface area contributed by atoms with Crippen LogP contribution in [0.25, 0.3) is 0 Å². The number of benzene rings is 1. The second-order valence-electron chi connectivity index (χ2n) is 4.52. The number of carbonyl (C=O) groups is 1. The van der Waals surface area contributed by atoms with E-state index in [-0.39, 0.29) is 5.91 Å². The van der Waals surface area contributed by atoms with Gasteiger partial charge in [0.05, 0.1) is 12.2 Å². The fraction of sp³-hybridized carbons (Fsp3) is 0.533. The molecule has 0 spiro atoms. The first-order valence-corrected chi connectivity index (χ1v) is 6.99. The Morgan fingerprint density at radius 2 is 2.05 bits per heavy atom. The highest BCUT2D eigenvalue weighted by molar-refractivity contribution is 5.97. The monoisotopic (exact) mass is 264 g/mol. The zero-order valence-corrected chi connectivity index (χ0v) is 11.9. The van der Waals surface area contributed by atoms with Gasteiger partial charge < -0.3 is 15.8 Å². The van der Waals surface area contributed by atoms with E-state index in [1.54, 1.807) is 18.2 Å². The number of hydrogen-bond acceptors (Lipinski definition) is 3. The van der Waals surface area contributed by atoms with Crippen LogP contribution in [-0.2, 0) is 0 Å². The molecule has 1 aromatic rings. The topological polar surface area (TPSA) is 64.3 Å². The second kappa shape index (κ2) is 8.40. The number of nitrogen functional groups attached to an aromatic ring is 1. The zero-order valence-electron chi connectivity index (χ0n) is 11.9. The molecular weight excluding hydrogens is 240 g/mol. The smallest absolute Gasteiger partial charge is 0.255 e. The standard InChI is InChI=1S/C15H24N2O2/c1-3-5-6-7-10-19-14-11-12(16)8-9-13(14)15(18)17-4-2/h8-9,11H,3-7,10,16H2,1-2H3,(H,17,18). The van der Waals surface area contributed by atoms with Gasteiger partial charge in [-0.3, -0.25) is 4.79 Å². The fourth-order valence-electron chi connectivity index (χ4n) is 1.81. The lowest BCUT2D eigenvalue weighted by Crippen LogP contribution is -2.23. The average Bonchev–Trinajstić information content (AvgIpc) is 2.39. The van der Waals surface area contributed by atoms with Crippen LogP contribution in [0.5, 0.6) is 5.75 Å². The van der Waals surface area contributed by atoms with Gasteiger partial charge in [0, 0.05) is 18.3 Å². The first kappa shape index (κ1) is 15.3. The van der Waals surface area contributed by atoms with Crippen molar-refractivity contribution in [3.8, 4) is 5.75 Å². The number of ether oxygens (including phenoxy) is 1. The molecule has 3 N–H and O–H groups in total. The van der Waals surface area contributed by atoms with Crippen molar-refractivity contribution in [3.63, 3.8) is 0 Å². The van der Waals surface area contributed by atoms with Gasteiger partial charge in [-0.25, -0.2) is 0 Å². The third kappa shape index (κ3) is 5.20. The Morgan fingerprint density at radius 3 is 2.74 bits per heavy atom. The molecule has 0 heterocycles. The van der Waals surface area contributed by atoms with E-state index >= 15 is 0 Å². The summed E-state index contributed by atoms with van der Waals surface area (Å²) in [6.45, 7) is 5.28. The van der Waals surface area contributed by atoms with Crippen molar-refractivity contribution in [2.75, 3.05) is 18.9 Å². The molecule has 4 heteroatoms. The molecule has 1 aromatic carbocycles. The molecule has 0 saturated heterocycles. The van der Waals surface area contributed by atoms with Crippen LogP contribution >= 0.6 is 0 Å². The summed E-state index contributed by atoms with van der Waals surface area (Å²) in [6.07, 6.45) is 4.55. The maximum atomic E-state index is 11.9. The van der Waals surface area contributed by atoms with Crippen molar-refractivity contribution >= 4 is 11.6 Å². The van der Waals surface area contributed by atoms with Crippen LogP contribution in [0.2, 0.25) is 0 Å². The molecule has 1 amide bonds. The number of rotatable bonds is 8. The van der Waals surface area contributed by atoms with Crippen molar-refractivity contribution in [1.82, 2.24) is 5.32 Å². The number of nitrogens with two attached hydrogens (primary N) is 1. The Hall–Kier alpha value is -1.71. The normalized spacial score (nSPS) is 10.2. The fourth-order valence-corrected chi connectivity index (χ4v) is 1.81. The Balaban J connectivity index is 2.63. The number of carbonyl (C=O) groups excluding carboxylic acids is 1. The molecule has 0 aliphatic carbocycles. The molecule has 0 fully saturated rings. The number of amides is 1. The first-order valence-electron chi connectivity index (χ1n) is 6.99. The van der Waals surface area contributed by atoms with Gasteiger partial charge >= 0.3 is 0 Å². The van der Waals surface area contributed by atoms with Crippen LogP contribution in [-0.4, -0.2) is 19.1 Å². The Bertz CT molecular complexity index is 405. The Labute approximate surface area is 115 Å². The first-order chi connectivity index (χ1) is 9.19. The van der Waals surface area contributed by atoms with E-state index in [1.165, 1.54) is 12.8 Å². The van der Waals surface area contributed by atoms with Crippen molar-refractivity contribution in [2.45, 2.75) is 39.5 Å². The molecule has 0 unspecified atom stereocenters. The molecule has 19 heavy (non-hydrogen) atoms. The van der Waals surface area contributed by atoms with Crippen LogP contribution in [0.3, 0.4) is 0 Å². The van der Waals surface area contributed by atoms with Gasteiger partial charge in [-0.1, -0.05) is 26.2 Å². The van der Waals surface area contributed by atoms with Gasteiger partial charge in [0.25, 0.3) is 5.91 Å². The SMILES string of the molecule is CCCCCCOc1cc(N)ccc1C(=O)NCC. The predicted octanol–water partition coefficient (Wildman–Crippen LogP) is 2.98. The van der Waals surface area contributed by atoms with Crippen LogP contribution < -0.4 is 15.8 Å². The lowest BCUT2D eigenvalue weighted by Gasteiger charge is -2.12. The predicted molar refractivity (Wildman–Crippen MR) is 78.5 cm³/mol. The van der Waals surface area contributed by atoms with Gasteiger partial charge in [-0.05, 0) is 25.5 Å². The molecular formula is C15H24N2O2. The van der Waals surface area contributed by atoms with E-state index < -0.39 is 0 Å². The molecule has 0 aromatic heterocycles. The minimum Gasteiger partial charge on any atom is -0.493 e. The van der Waals surface area contributed by atoms with E-state index in [2.05, 4.69) is 12.2 Å². The largest absolute Gasteiger partial charge is 0.493 e. The van der Waals surface area contributed by atoms with Gasteiger partial charge in [-0.15, -0.1) is 0 Å².